The number of aliphatic hydroxyl groups is 1. The number of carbonyl (C=O) groups is 2. The minimum Gasteiger partial charge on any atom is -0.461 e. The molecule has 9 nitrogen and oxygen atoms in total. The SMILES string of the molecule is C=C[C@]1(C)C[C@@H](OC(=O)CSc2ccccc2/C=N\N=C(/N)N2CCNCC2)[C@]2(C)C(C)CCC3(CCC(=O)C32)[C@@H](C)[C@@H]1O. The number of esters is 1. The number of nitrogens with two attached hydrogens (primary N) is 1. The zero-order valence-corrected chi connectivity index (χ0v) is 27.4. The van der Waals surface area contributed by atoms with E-state index in [1.165, 1.54) is 11.8 Å². The second-order valence-electron chi connectivity index (χ2n) is 13.8. The maximum atomic E-state index is 13.6. The van der Waals surface area contributed by atoms with E-state index in [1.807, 2.05) is 42.2 Å². The number of ketones is 1. The molecule has 1 aromatic carbocycles. The molecule has 0 amide bonds. The molecule has 5 rings (SSSR count). The fourth-order valence-corrected chi connectivity index (χ4v) is 9.46. The normalized spacial score (nSPS) is 37.8. The van der Waals surface area contributed by atoms with Crippen LogP contribution in [0, 0.1) is 34.0 Å². The first-order chi connectivity index (χ1) is 21.0. The number of nitrogens with one attached hydrogen (secondary N) is 1. The van der Waals surface area contributed by atoms with Crippen LogP contribution < -0.4 is 11.1 Å². The topological polar surface area (TPSA) is 130 Å². The highest BCUT2D eigenvalue weighted by Crippen LogP contribution is 2.68. The number of benzene rings is 1. The third-order valence-corrected chi connectivity index (χ3v) is 12.7. The highest BCUT2D eigenvalue weighted by molar-refractivity contribution is 8.00. The third kappa shape index (κ3) is 5.85. The summed E-state index contributed by atoms with van der Waals surface area (Å²) in [4.78, 5) is 30.1. The smallest absolute Gasteiger partial charge is 0.316 e. The number of hydrogen-bond acceptors (Lipinski definition) is 8. The van der Waals surface area contributed by atoms with Gasteiger partial charge < -0.3 is 25.8 Å². The summed E-state index contributed by atoms with van der Waals surface area (Å²) in [5.41, 5.74) is 5.48. The lowest BCUT2D eigenvalue weighted by Crippen LogP contribution is -2.63. The van der Waals surface area contributed by atoms with Crippen molar-refractivity contribution in [3.05, 3.63) is 42.5 Å². The number of guanidine groups is 1. The Hall–Kier alpha value is -2.69. The Labute approximate surface area is 266 Å². The van der Waals surface area contributed by atoms with Gasteiger partial charge in [-0.3, -0.25) is 9.59 Å². The molecule has 0 radical (unpaired) electrons. The van der Waals surface area contributed by atoms with Gasteiger partial charge in [0, 0.05) is 59.8 Å². The van der Waals surface area contributed by atoms with E-state index in [9.17, 15) is 14.7 Å². The third-order valence-electron chi connectivity index (χ3n) is 11.6. The molecule has 3 unspecified atom stereocenters. The summed E-state index contributed by atoms with van der Waals surface area (Å²) in [6.45, 7) is 15.9. The lowest BCUT2D eigenvalue weighted by Gasteiger charge is -2.61. The second-order valence-corrected chi connectivity index (χ2v) is 14.8. The number of carbonyl (C=O) groups excluding carboxylic acids is 2. The van der Waals surface area contributed by atoms with Crippen LogP contribution in [-0.4, -0.2) is 78.1 Å². The summed E-state index contributed by atoms with van der Waals surface area (Å²) >= 11 is 1.39. The minimum absolute atomic E-state index is 0.0595. The molecule has 10 heteroatoms. The number of aliphatic hydroxyl groups excluding tert-OH is 1. The van der Waals surface area contributed by atoms with Crippen LogP contribution in [0.15, 0.2) is 52.0 Å². The van der Waals surface area contributed by atoms with Gasteiger partial charge in [-0.05, 0) is 49.0 Å². The van der Waals surface area contributed by atoms with Crippen molar-refractivity contribution in [2.24, 2.45) is 49.9 Å². The Bertz CT molecular complexity index is 1310. The molecule has 1 aromatic rings. The number of hydrogen-bond donors (Lipinski definition) is 3. The van der Waals surface area contributed by atoms with Gasteiger partial charge in [-0.25, -0.2) is 0 Å². The van der Waals surface area contributed by atoms with Crippen LogP contribution in [0.25, 0.3) is 0 Å². The van der Waals surface area contributed by atoms with Crippen molar-refractivity contribution in [2.45, 2.75) is 76.9 Å². The fraction of sp³-hybridized carbons (Fsp3) is 0.647. The quantitative estimate of drug-likeness (QED) is 0.103. The van der Waals surface area contributed by atoms with Crippen molar-refractivity contribution in [3.8, 4) is 0 Å². The maximum absolute atomic E-state index is 13.6. The molecular weight excluding hydrogens is 574 g/mol. The number of piperazine rings is 1. The van der Waals surface area contributed by atoms with Crippen LogP contribution in [-0.2, 0) is 14.3 Å². The first-order valence-corrected chi connectivity index (χ1v) is 17.0. The van der Waals surface area contributed by atoms with Crippen molar-refractivity contribution < 1.29 is 19.4 Å². The van der Waals surface area contributed by atoms with E-state index in [1.54, 1.807) is 6.21 Å². The van der Waals surface area contributed by atoms with Gasteiger partial charge in [0.1, 0.15) is 11.9 Å². The van der Waals surface area contributed by atoms with Crippen LogP contribution >= 0.6 is 11.8 Å². The minimum atomic E-state index is -0.684. The number of Topliss-reactive ketones (excluding diaryl/α,β-unsaturated/α-hetero) is 1. The lowest BCUT2D eigenvalue weighted by molar-refractivity contribution is -0.205. The van der Waals surface area contributed by atoms with Crippen molar-refractivity contribution in [2.75, 3.05) is 31.9 Å². The van der Waals surface area contributed by atoms with E-state index >= 15 is 0 Å². The highest BCUT2D eigenvalue weighted by Gasteiger charge is 2.68. The molecule has 4 N–H and O–H groups in total. The average molecular weight is 624 g/mol. The zero-order chi connectivity index (χ0) is 31.7. The highest BCUT2D eigenvalue weighted by atomic mass is 32.2. The lowest BCUT2D eigenvalue weighted by atomic mass is 9.44. The molecule has 0 aromatic heterocycles. The molecular formula is C34H49N5O4S. The van der Waals surface area contributed by atoms with E-state index in [0.29, 0.717) is 18.8 Å². The molecule has 1 aliphatic heterocycles. The van der Waals surface area contributed by atoms with Gasteiger partial charge in [0.15, 0.2) is 0 Å². The van der Waals surface area contributed by atoms with Crippen LogP contribution in [0.1, 0.15) is 65.4 Å². The molecule has 4 fully saturated rings. The molecule has 240 valence electrons. The summed E-state index contributed by atoms with van der Waals surface area (Å²) in [6, 6.07) is 7.71. The fourth-order valence-electron chi connectivity index (χ4n) is 8.66. The Balaban J connectivity index is 1.34. The maximum Gasteiger partial charge on any atom is 0.316 e. The summed E-state index contributed by atoms with van der Waals surface area (Å²) in [7, 11) is 0. The van der Waals surface area contributed by atoms with E-state index in [4.69, 9.17) is 10.5 Å². The van der Waals surface area contributed by atoms with Gasteiger partial charge >= 0.3 is 5.97 Å². The Kier molecular flexibility index (Phi) is 9.64. The molecule has 3 aliphatic carbocycles. The van der Waals surface area contributed by atoms with Crippen LogP contribution in [0.4, 0.5) is 0 Å². The van der Waals surface area contributed by atoms with E-state index in [-0.39, 0.29) is 40.7 Å². The van der Waals surface area contributed by atoms with Crippen molar-refractivity contribution in [3.63, 3.8) is 0 Å². The first kappa shape index (κ1) is 32.7. The summed E-state index contributed by atoms with van der Waals surface area (Å²) in [6.07, 6.45) is 5.86. The molecule has 3 saturated carbocycles. The number of nitrogens with zero attached hydrogens (tertiary/aromatic N) is 3. The standard InChI is InChI=1S/C34H49N5O4S/c1-6-32(4)19-27(33(5)22(2)11-13-34(23(3)30(32)42)14-12-25(40)29(33)34)43-28(41)21-44-26-10-8-7-9-24(26)20-37-38-31(35)39-17-15-36-16-18-39/h6-10,20,22-23,27,29-30,36,42H,1,11-19,21H2,2-5H3,(H2,35,38)/b37-20-/t22?,23-,27+,29?,30-,32+,33-,34?/m0/s1. The van der Waals surface area contributed by atoms with E-state index < -0.39 is 23.0 Å². The number of thioether (sulfide) groups is 1. The number of ether oxygens (including phenoxy) is 1. The Morgan fingerprint density at radius 2 is 1.98 bits per heavy atom. The van der Waals surface area contributed by atoms with Crippen LogP contribution in [0.2, 0.25) is 0 Å². The number of rotatable bonds is 7. The van der Waals surface area contributed by atoms with Gasteiger partial charge in [0.25, 0.3) is 0 Å². The molecule has 1 saturated heterocycles. The van der Waals surface area contributed by atoms with Gasteiger partial charge in [-0.2, -0.15) is 5.10 Å². The van der Waals surface area contributed by atoms with Gasteiger partial charge in [0.2, 0.25) is 5.96 Å². The summed E-state index contributed by atoms with van der Waals surface area (Å²) in [5.74, 6) is 0.296. The predicted octanol–water partition coefficient (Wildman–Crippen LogP) is 4.24. The molecule has 0 spiro atoms. The zero-order valence-electron chi connectivity index (χ0n) is 26.6. The molecule has 44 heavy (non-hydrogen) atoms. The predicted molar refractivity (Wildman–Crippen MR) is 175 cm³/mol. The summed E-state index contributed by atoms with van der Waals surface area (Å²) < 4.78 is 6.41. The Morgan fingerprint density at radius 1 is 1.25 bits per heavy atom. The van der Waals surface area contributed by atoms with Crippen LogP contribution in [0.3, 0.4) is 0 Å². The monoisotopic (exact) mass is 623 g/mol. The average Bonchev–Trinajstić information content (AvgIpc) is 3.39. The first-order valence-electron chi connectivity index (χ1n) is 16.0. The summed E-state index contributed by atoms with van der Waals surface area (Å²) in [5, 5.41) is 23.4. The molecule has 1 heterocycles. The van der Waals surface area contributed by atoms with E-state index in [0.717, 1.165) is 55.9 Å². The molecule has 8 atom stereocenters. The van der Waals surface area contributed by atoms with Crippen molar-refractivity contribution >= 4 is 35.7 Å². The van der Waals surface area contributed by atoms with E-state index in [2.05, 4.69) is 42.9 Å². The molecule has 4 aliphatic rings. The van der Waals surface area contributed by atoms with Gasteiger partial charge in [-0.15, -0.1) is 23.4 Å². The molecule has 2 bridgehead atoms. The van der Waals surface area contributed by atoms with Gasteiger partial charge in [0.05, 0.1) is 18.1 Å². The van der Waals surface area contributed by atoms with Crippen LogP contribution in [0.5, 0.6) is 0 Å². The van der Waals surface area contributed by atoms with Crippen molar-refractivity contribution in [1.29, 1.82) is 0 Å². The largest absolute Gasteiger partial charge is 0.461 e. The second kappa shape index (κ2) is 13.0. The van der Waals surface area contributed by atoms with Crippen molar-refractivity contribution in [1.82, 2.24) is 10.2 Å². The van der Waals surface area contributed by atoms with Gasteiger partial charge in [-0.1, -0.05) is 52.0 Å². The Morgan fingerprint density at radius 3 is 2.70 bits per heavy atom.